The van der Waals surface area contributed by atoms with Gasteiger partial charge in [0, 0.05) is 12.7 Å². The van der Waals surface area contributed by atoms with Gasteiger partial charge in [-0.1, -0.05) is 11.6 Å². The van der Waals surface area contributed by atoms with Gasteiger partial charge in [0.05, 0.1) is 17.4 Å². The van der Waals surface area contributed by atoms with Crippen LogP contribution in [0.15, 0.2) is 23.2 Å². The van der Waals surface area contributed by atoms with Gasteiger partial charge in [-0.15, -0.1) is 0 Å². The minimum atomic E-state index is -3.74. The first-order valence-corrected chi connectivity index (χ1v) is 7.25. The fourth-order valence-electron chi connectivity index (χ4n) is 1.26. The third-order valence-corrected chi connectivity index (χ3v) is 4.06. The summed E-state index contributed by atoms with van der Waals surface area (Å²) in [7, 11) is -2.49. The Bertz CT molecular complexity index is 572. The molecule has 8 heteroatoms. The van der Waals surface area contributed by atoms with Crippen molar-refractivity contribution < 1.29 is 17.9 Å². The summed E-state index contributed by atoms with van der Waals surface area (Å²) < 4.78 is 30.9. The highest BCUT2D eigenvalue weighted by atomic mass is 35.5. The van der Waals surface area contributed by atoms with Gasteiger partial charge in [-0.25, -0.2) is 18.1 Å². The molecule has 0 saturated heterocycles. The molecule has 0 aliphatic carbocycles. The highest BCUT2D eigenvalue weighted by Crippen LogP contribution is 2.18. The van der Waals surface area contributed by atoms with Gasteiger partial charge in [-0.3, -0.25) is 4.79 Å². The molecule has 0 unspecified atom stereocenters. The molecular weight excluding hydrogens is 292 g/mol. The molecular formula is C11H15ClN2O4S. The van der Waals surface area contributed by atoms with Crippen molar-refractivity contribution in [2.75, 3.05) is 13.7 Å². The fraction of sp³-hybridized carbons (Fsp3) is 0.455. The molecule has 1 N–H and O–H groups in total. The monoisotopic (exact) mass is 306 g/mol. The molecule has 19 heavy (non-hydrogen) atoms. The largest absolute Gasteiger partial charge is 0.469 e. The van der Waals surface area contributed by atoms with E-state index >= 15 is 0 Å². The van der Waals surface area contributed by atoms with Crippen molar-refractivity contribution in [2.45, 2.75) is 18.7 Å². The van der Waals surface area contributed by atoms with E-state index in [0.717, 1.165) is 0 Å². The molecule has 1 aromatic heterocycles. The first kappa shape index (κ1) is 15.9. The first-order chi connectivity index (χ1) is 8.69. The zero-order valence-electron chi connectivity index (χ0n) is 10.8. The van der Waals surface area contributed by atoms with Crippen LogP contribution in [0, 0.1) is 5.41 Å². The van der Waals surface area contributed by atoms with Crippen LogP contribution in [0.25, 0.3) is 0 Å². The van der Waals surface area contributed by atoms with Crippen LogP contribution >= 0.6 is 11.6 Å². The Morgan fingerprint density at radius 3 is 2.68 bits per heavy atom. The number of sulfonamides is 1. The third kappa shape index (κ3) is 4.15. The van der Waals surface area contributed by atoms with Gasteiger partial charge in [0.25, 0.3) is 0 Å². The van der Waals surface area contributed by atoms with Crippen LogP contribution in [0.4, 0.5) is 0 Å². The van der Waals surface area contributed by atoms with Crippen LogP contribution in [0.5, 0.6) is 0 Å². The highest BCUT2D eigenvalue weighted by Gasteiger charge is 2.30. The number of ether oxygens (including phenoxy) is 1. The Morgan fingerprint density at radius 2 is 2.16 bits per heavy atom. The lowest BCUT2D eigenvalue weighted by Gasteiger charge is -2.21. The molecule has 1 heterocycles. The Kier molecular flexibility index (Phi) is 4.89. The molecule has 0 fully saturated rings. The lowest BCUT2D eigenvalue weighted by molar-refractivity contribution is -0.150. The molecule has 0 spiro atoms. The Hall–Kier alpha value is -1.18. The summed E-state index contributed by atoms with van der Waals surface area (Å²) in [4.78, 5) is 15.1. The molecule has 0 radical (unpaired) electrons. The first-order valence-electron chi connectivity index (χ1n) is 5.39. The van der Waals surface area contributed by atoms with Crippen molar-refractivity contribution in [3.05, 3.63) is 23.5 Å². The van der Waals surface area contributed by atoms with Crippen molar-refractivity contribution >= 4 is 27.6 Å². The van der Waals surface area contributed by atoms with E-state index in [1.807, 2.05) is 0 Å². The van der Waals surface area contributed by atoms with E-state index in [2.05, 4.69) is 14.4 Å². The van der Waals surface area contributed by atoms with Gasteiger partial charge in [0.1, 0.15) is 5.15 Å². The van der Waals surface area contributed by atoms with Crippen molar-refractivity contribution in [3.8, 4) is 0 Å². The molecule has 1 aromatic rings. The van der Waals surface area contributed by atoms with Crippen LogP contribution in [0.1, 0.15) is 13.8 Å². The zero-order valence-corrected chi connectivity index (χ0v) is 12.4. The maximum atomic E-state index is 12.0. The van der Waals surface area contributed by atoms with Crippen LogP contribution < -0.4 is 4.72 Å². The lowest BCUT2D eigenvalue weighted by atomic mass is 9.94. The standard InChI is InChI=1S/C11H15ClN2O4S/c1-11(2,10(15)18-3)7-14-19(16,17)8-4-5-13-9(12)6-8/h4-6,14H,7H2,1-3H3. The summed E-state index contributed by atoms with van der Waals surface area (Å²) in [5.74, 6) is -0.497. The second-order valence-corrected chi connectivity index (χ2v) is 6.67. The van der Waals surface area contributed by atoms with E-state index in [1.54, 1.807) is 13.8 Å². The Labute approximate surface area is 117 Å². The number of halogens is 1. The van der Waals surface area contributed by atoms with E-state index in [4.69, 9.17) is 11.6 Å². The topological polar surface area (TPSA) is 85.4 Å². The summed E-state index contributed by atoms with van der Waals surface area (Å²) in [5, 5.41) is 0.0788. The number of esters is 1. The summed E-state index contributed by atoms with van der Waals surface area (Å²) in [5.41, 5.74) is -0.960. The minimum absolute atomic E-state index is 0.00633. The summed E-state index contributed by atoms with van der Waals surface area (Å²) >= 11 is 5.64. The van der Waals surface area contributed by atoms with Crippen molar-refractivity contribution in [1.82, 2.24) is 9.71 Å². The highest BCUT2D eigenvalue weighted by molar-refractivity contribution is 7.89. The SMILES string of the molecule is COC(=O)C(C)(C)CNS(=O)(=O)c1ccnc(Cl)c1. The molecule has 1 rings (SSSR count). The molecule has 0 aliphatic rings. The quantitative estimate of drug-likeness (QED) is 0.653. The predicted octanol–water partition coefficient (Wildman–Crippen LogP) is 1.21. The van der Waals surface area contributed by atoms with Crippen molar-refractivity contribution in [1.29, 1.82) is 0 Å². The number of nitrogens with one attached hydrogen (secondary N) is 1. The Morgan fingerprint density at radius 1 is 1.53 bits per heavy atom. The normalized spacial score (nSPS) is 12.2. The number of carbonyl (C=O) groups is 1. The van der Waals surface area contributed by atoms with E-state index in [-0.39, 0.29) is 16.6 Å². The molecule has 0 aromatic carbocycles. The maximum Gasteiger partial charge on any atom is 0.312 e. The van der Waals surface area contributed by atoms with Gasteiger partial charge in [0.15, 0.2) is 0 Å². The molecule has 0 aliphatic heterocycles. The van der Waals surface area contributed by atoms with E-state index in [9.17, 15) is 13.2 Å². The summed E-state index contributed by atoms with van der Waals surface area (Å²) in [6.07, 6.45) is 1.29. The summed E-state index contributed by atoms with van der Waals surface area (Å²) in [6.45, 7) is 3.09. The molecule has 0 saturated carbocycles. The maximum absolute atomic E-state index is 12.0. The van der Waals surface area contributed by atoms with Crippen LogP contribution in [0.2, 0.25) is 5.15 Å². The van der Waals surface area contributed by atoms with E-state index < -0.39 is 21.4 Å². The van der Waals surface area contributed by atoms with Crippen LogP contribution in [0.3, 0.4) is 0 Å². The number of methoxy groups -OCH3 is 1. The van der Waals surface area contributed by atoms with Gasteiger partial charge >= 0.3 is 5.97 Å². The van der Waals surface area contributed by atoms with Crippen LogP contribution in [-0.4, -0.2) is 33.0 Å². The number of nitrogens with zero attached hydrogens (tertiary/aromatic N) is 1. The number of carbonyl (C=O) groups excluding carboxylic acids is 1. The lowest BCUT2D eigenvalue weighted by Crippen LogP contribution is -2.39. The number of aromatic nitrogens is 1. The summed E-state index contributed by atoms with van der Waals surface area (Å²) in [6, 6.07) is 2.55. The molecule has 0 atom stereocenters. The second kappa shape index (κ2) is 5.85. The van der Waals surface area contributed by atoms with Gasteiger partial charge in [0.2, 0.25) is 10.0 Å². The molecule has 0 bridgehead atoms. The number of hydrogen-bond acceptors (Lipinski definition) is 5. The second-order valence-electron chi connectivity index (χ2n) is 4.51. The molecule has 106 valence electrons. The van der Waals surface area contributed by atoms with E-state index in [0.29, 0.717) is 0 Å². The van der Waals surface area contributed by atoms with Crippen molar-refractivity contribution in [3.63, 3.8) is 0 Å². The smallest absolute Gasteiger partial charge is 0.312 e. The van der Waals surface area contributed by atoms with Crippen molar-refractivity contribution in [2.24, 2.45) is 5.41 Å². The van der Waals surface area contributed by atoms with Crippen LogP contribution in [-0.2, 0) is 19.6 Å². The Balaban J connectivity index is 2.85. The average molecular weight is 307 g/mol. The predicted molar refractivity (Wildman–Crippen MR) is 70.2 cm³/mol. The van der Waals surface area contributed by atoms with Gasteiger partial charge in [-0.05, 0) is 26.0 Å². The number of hydrogen-bond donors (Lipinski definition) is 1. The molecule has 0 amide bonds. The average Bonchev–Trinajstić information content (AvgIpc) is 2.35. The van der Waals surface area contributed by atoms with Gasteiger partial charge < -0.3 is 4.74 Å². The third-order valence-electron chi connectivity index (χ3n) is 2.45. The fourth-order valence-corrected chi connectivity index (χ4v) is 2.72. The van der Waals surface area contributed by atoms with E-state index in [1.165, 1.54) is 25.4 Å². The zero-order chi connectivity index (χ0) is 14.7. The number of rotatable bonds is 5. The molecule has 6 nitrogen and oxygen atoms in total. The number of pyridine rings is 1. The minimum Gasteiger partial charge on any atom is -0.469 e. The van der Waals surface area contributed by atoms with Gasteiger partial charge in [-0.2, -0.15) is 0 Å².